The third-order valence-electron chi connectivity index (χ3n) is 5.33. The lowest BCUT2D eigenvalue weighted by atomic mass is 9.97. The van der Waals surface area contributed by atoms with Crippen molar-refractivity contribution in [3.05, 3.63) is 89.2 Å². The van der Waals surface area contributed by atoms with Crippen LogP contribution in [0.2, 0.25) is 0 Å². The van der Waals surface area contributed by atoms with Gasteiger partial charge >= 0.3 is 0 Å². The second-order valence-electron chi connectivity index (χ2n) is 8.12. The summed E-state index contributed by atoms with van der Waals surface area (Å²) in [6.07, 6.45) is 3.70. The molecule has 0 unspecified atom stereocenters. The maximum Gasteiger partial charge on any atom is 0.189 e. The molecule has 0 aliphatic carbocycles. The Morgan fingerprint density at radius 1 is 1.06 bits per heavy atom. The van der Waals surface area contributed by atoms with E-state index in [0.29, 0.717) is 29.2 Å². The van der Waals surface area contributed by atoms with Crippen molar-refractivity contribution < 1.29 is 18.7 Å². The fourth-order valence-corrected chi connectivity index (χ4v) is 3.50. The Morgan fingerprint density at radius 2 is 1.85 bits per heavy atom. The molecule has 4 nitrogen and oxygen atoms in total. The first-order chi connectivity index (χ1) is 15.9. The Morgan fingerprint density at radius 3 is 2.55 bits per heavy atom. The Bertz CT molecular complexity index is 1140. The normalized spacial score (nSPS) is 11.2. The summed E-state index contributed by atoms with van der Waals surface area (Å²) in [6, 6.07) is 18.2. The molecule has 172 valence electrons. The molecule has 0 N–H and O–H groups in total. The first kappa shape index (κ1) is 24.2. The highest BCUT2D eigenvalue weighted by molar-refractivity contribution is 6.09. The topological polar surface area (TPSA) is 38.8 Å². The van der Waals surface area contributed by atoms with Gasteiger partial charge in [-0.25, -0.2) is 4.39 Å². The van der Waals surface area contributed by atoms with E-state index in [1.807, 2.05) is 63.5 Å². The summed E-state index contributed by atoms with van der Waals surface area (Å²) < 4.78 is 25.3. The Hall–Kier alpha value is -3.44. The number of halogens is 1. The predicted molar refractivity (Wildman–Crippen MR) is 132 cm³/mol. The number of methoxy groups -OCH3 is 1. The van der Waals surface area contributed by atoms with Gasteiger partial charge in [0.15, 0.2) is 5.78 Å². The van der Waals surface area contributed by atoms with Crippen LogP contribution < -0.4 is 9.47 Å². The molecule has 3 rings (SSSR count). The zero-order valence-electron chi connectivity index (χ0n) is 19.6. The molecule has 3 aromatic carbocycles. The summed E-state index contributed by atoms with van der Waals surface area (Å²) in [7, 11) is 5.50. The van der Waals surface area contributed by atoms with Gasteiger partial charge in [-0.1, -0.05) is 30.3 Å². The number of rotatable bonds is 10. The molecule has 33 heavy (non-hydrogen) atoms. The van der Waals surface area contributed by atoms with Gasteiger partial charge in [0.1, 0.15) is 17.3 Å². The summed E-state index contributed by atoms with van der Waals surface area (Å²) in [4.78, 5) is 15.2. The van der Waals surface area contributed by atoms with Crippen molar-refractivity contribution in [2.45, 2.75) is 13.3 Å². The second-order valence-corrected chi connectivity index (χ2v) is 8.12. The number of carbonyl (C=O) groups excluding carboxylic acids is 1. The van der Waals surface area contributed by atoms with E-state index in [-0.39, 0.29) is 5.78 Å². The molecule has 0 spiro atoms. The van der Waals surface area contributed by atoms with E-state index in [1.165, 1.54) is 25.3 Å². The van der Waals surface area contributed by atoms with Crippen LogP contribution in [0, 0.1) is 12.7 Å². The maximum atomic E-state index is 14.3. The largest absolute Gasteiger partial charge is 0.497 e. The van der Waals surface area contributed by atoms with Crippen LogP contribution in [0.1, 0.15) is 27.9 Å². The van der Waals surface area contributed by atoms with E-state index in [1.54, 1.807) is 12.1 Å². The van der Waals surface area contributed by atoms with Crippen LogP contribution in [0.15, 0.2) is 66.7 Å². The Labute approximate surface area is 195 Å². The molecule has 0 radical (unpaired) electrons. The highest BCUT2D eigenvalue weighted by Gasteiger charge is 2.14. The lowest BCUT2D eigenvalue weighted by Crippen LogP contribution is -2.16. The predicted octanol–water partition coefficient (Wildman–Crippen LogP) is 6.04. The lowest BCUT2D eigenvalue weighted by Gasteiger charge is -2.14. The van der Waals surface area contributed by atoms with Gasteiger partial charge in [0.25, 0.3) is 0 Å². The average molecular weight is 448 g/mol. The molecular formula is C28H30FNO3. The summed E-state index contributed by atoms with van der Waals surface area (Å²) >= 11 is 0. The maximum absolute atomic E-state index is 14.3. The molecule has 0 aliphatic heterocycles. The van der Waals surface area contributed by atoms with Gasteiger partial charge in [-0.15, -0.1) is 0 Å². The summed E-state index contributed by atoms with van der Waals surface area (Å²) in [5, 5.41) is 0. The van der Waals surface area contributed by atoms with Gasteiger partial charge in [0, 0.05) is 18.2 Å². The van der Waals surface area contributed by atoms with Gasteiger partial charge in [0.05, 0.1) is 19.3 Å². The zero-order chi connectivity index (χ0) is 23.8. The number of nitrogens with zero attached hydrogens (tertiary/aromatic N) is 1. The molecule has 3 aromatic rings. The van der Waals surface area contributed by atoms with Crippen LogP contribution in [0.5, 0.6) is 11.5 Å². The molecule has 0 bridgehead atoms. The molecule has 0 saturated heterocycles. The number of benzene rings is 3. The summed E-state index contributed by atoms with van der Waals surface area (Å²) in [5.41, 5.74) is 3.86. The van der Waals surface area contributed by atoms with E-state index in [0.717, 1.165) is 29.7 Å². The van der Waals surface area contributed by atoms with Gasteiger partial charge in [-0.05, 0) is 80.5 Å². The minimum Gasteiger partial charge on any atom is -0.497 e. The summed E-state index contributed by atoms with van der Waals surface area (Å²) in [5.74, 6) is 0.252. The highest BCUT2D eigenvalue weighted by atomic mass is 19.1. The van der Waals surface area contributed by atoms with Crippen molar-refractivity contribution in [1.29, 1.82) is 0 Å². The smallest absolute Gasteiger partial charge is 0.189 e. The highest BCUT2D eigenvalue weighted by Crippen LogP contribution is 2.30. The molecular weight excluding hydrogens is 417 g/mol. The van der Waals surface area contributed by atoms with E-state index >= 15 is 0 Å². The van der Waals surface area contributed by atoms with Gasteiger partial charge in [0.2, 0.25) is 0 Å². The molecule has 0 fully saturated rings. The number of hydrogen-bond donors (Lipinski definition) is 0. The number of hydrogen-bond acceptors (Lipinski definition) is 4. The Balaban J connectivity index is 1.90. The monoisotopic (exact) mass is 447 g/mol. The van der Waals surface area contributed by atoms with E-state index < -0.39 is 5.82 Å². The third-order valence-corrected chi connectivity index (χ3v) is 5.33. The average Bonchev–Trinajstić information content (AvgIpc) is 2.81. The molecule has 0 aromatic heterocycles. The second kappa shape index (κ2) is 11.4. The molecule has 0 amide bonds. The van der Waals surface area contributed by atoms with E-state index in [9.17, 15) is 9.18 Å². The fourth-order valence-electron chi connectivity index (χ4n) is 3.50. The number of carbonyl (C=O) groups is 1. The summed E-state index contributed by atoms with van der Waals surface area (Å²) in [6.45, 7) is 3.43. The van der Waals surface area contributed by atoms with Crippen LogP contribution in [-0.2, 0) is 0 Å². The van der Waals surface area contributed by atoms with Crippen LogP contribution in [0.3, 0.4) is 0 Å². The number of allylic oxidation sites excluding steroid dienone is 1. The zero-order valence-corrected chi connectivity index (χ0v) is 19.6. The number of aryl methyl sites for hydroxylation is 1. The molecule has 0 heterocycles. The van der Waals surface area contributed by atoms with Crippen molar-refractivity contribution in [3.63, 3.8) is 0 Å². The lowest BCUT2D eigenvalue weighted by molar-refractivity contribution is 0.104. The minimum absolute atomic E-state index is 0.247. The van der Waals surface area contributed by atoms with Crippen molar-refractivity contribution in [2.75, 3.05) is 34.4 Å². The van der Waals surface area contributed by atoms with Crippen LogP contribution in [0.4, 0.5) is 4.39 Å². The van der Waals surface area contributed by atoms with Crippen LogP contribution >= 0.6 is 0 Å². The van der Waals surface area contributed by atoms with Crippen molar-refractivity contribution in [2.24, 2.45) is 0 Å². The van der Waals surface area contributed by atoms with Gasteiger partial charge < -0.3 is 14.4 Å². The van der Waals surface area contributed by atoms with Crippen molar-refractivity contribution in [3.8, 4) is 22.6 Å². The fraction of sp³-hybridized carbons (Fsp3) is 0.250. The number of ketones is 1. The first-order valence-electron chi connectivity index (χ1n) is 10.9. The quantitative estimate of drug-likeness (QED) is 0.216. The van der Waals surface area contributed by atoms with E-state index in [2.05, 4.69) is 4.90 Å². The van der Waals surface area contributed by atoms with Gasteiger partial charge in [-0.2, -0.15) is 0 Å². The van der Waals surface area contributed by atoms with Crippen LogP contribution in [-0.4, -0.2) is 45.0 Å². The van der Waals surface area contributed by atoms with Crippen LogP contribution in [0.25, 0.3) is 17.2 Å². The number of ether oxygens (including phenoxy) is 2. The molecule has 0 aliphatic rings. The Kier molecular flexibility index (Phi) is 8.39. The molecule has 5 heteroatoms. The third kappa shape index (κ3) is 6.53. The first-order valence-corrected chi connectivity index (χ1v) is 10.9. The van der Waals surface area contributed by atoms with E-state index in [4.69, 9.17) is 9.47 Å². The van der Waals surface area contributed by atoms with Crippen molar-refractivity contribution in [1.82, 2.24) is 4.90 Å². The minimum atomic E-state index is -0.452. The standard InChI is InChI=1S/C28H30FNO3/c1-20-8-5-6-9-24(20)22-12-15-28(33-17-7-16-30(2)3)25(18-22)27(31)14-11-21-10-13-23(32-4)19-26(21)29/h5-6,8-15,18-19H,7,16-17H2,1-4H3. The SMILES string of the molecule is COc1ccc(C=CC(=O)c2cc(-c3ccccc3C)ccc2OCCCN(C)C)c(F)c1. The van der Waals surface area contributed by atoms with Gasteiger partial charge in [-0.3, -0.25) is 4.79 Å². The molecule has 0 saturated carbocycles. The molecule has 0 atom stereocenters. The van der Waals surface area contributed by atoms with Crippen molar-refractivity contribution >= 4 is 11.9 Å².